The van der Waals surface area contributed by atoms with Gasteiger partial charge in [-0.1, -0.05) is 29.3 Å². The molecule has 0 amide bonds. The summed E-state index contributed by atoms with van der Waals surface area (Å²) in [4.78, 5) is 18.0. The highest BCUT2D eigenvalue weighted by Crippen LogP contribution is 2.20. The van der Waals surface area contributed by atoms with E-state index in [-0.39, 0.29) is 11.7 Å². The largest absolute Gasteiger partial charge is 0.376 e. The van der Waals surface area contributed by atoms with Gasteiger partial charge in [0.05, 0.1) is 18.2 Å². The first kappa shape index (κ1) is 21.5. The number of nitrogens with one attached hydrogen (secondary N) is 2. The molecule has 6 heteroatoms. The highest BCUT2D eigenvalue weighted by atomic mass is 32.1. The highest BCUT2D eigenvalue weighted by molar-refractivity contribution is 7.80. The van der Waals surface area contributed by atoms with E-state index in [4.69, 9.17) is 17.0 Å². The van der Waals surface area contributed by atoms with Crippen LogP contribution in [0.1, 0.15) is 35.1 Å². The minimum absolute atomic E-state index is 0.0741. The lowest BCUT2D eigenvalue weighted by molar-refractivity contribution is 0.0904. The van der Waals surface area contributed by atoms with E-state index in [1.807, 2.05) is 42.2 Å². The molecule has 31 heavy (non-hydrogen) atoms. The van der Waals surface area contributed by atoms with E-state index in [0.29, 0.717) is 23.8 Å². The fraction of sp³-hybridized carbons (Fsp3) is 0.360. The molecule has 162 valence electrons. The van der Waals surface area contributed by atoms with Crippen LogP contribution in [0, 0.1) is 20.8 Å². The smallest absolute Gasteiger partial charge is 0.253 e. The van der Waals surface area contributed by atoms with Gasteiger partial charge in [0.25, 0.3) is 5.56 Å². The second kappa shape index (κ2) is 9.20. The van der Waals surface area contributed by atoms with Crippen LogP contribution in [-0.4, -0.2) is 34.3 Å². The number of nitrogens with zero attached hydrogens (tertiary/aromatic N) is 1. The quantitative estimate of drug-likeness (QED) is 0.562. The Labute approximate surface area is 188 Å². The van der Waals surface area contributed by atoms with Crippen molar-refractivity contribution in [3.8, 4) is 0 Å². The normalized spacial score (nSPS) is 15.9. The molecule has 1 atom stereocenters. The minimum atomic E-state index is -0.0741. The van der Waals surface area contributed by atoms with Crippen molar-refractivity contribution >= 4 is 33.9 Å². The number of rotatable bonds is 5. The van der Waals surface area contributed by atoms with E-state index < -0.39 is 0 Å². The first-order valence-electron chi connectivity index (χ1n) is 10.8. The molecule has 5 nitrogen and oxygen atoms in total. The molecule has 2 aromatic carbocycles. The maximum absolute atomic E-state index is 12.9. The van der Waals surface area contributed by atoms with Gasteiger partial charge in [0, 0.05) is 24.4 Å². The van der Waals surface area contributed by atoms with Gasteiger partial charge >= 0.3 is 0 Å². The van der Waals surface area contributed by atoms with E-state index in [2.05, 4.69) is 36.3 Å². The molecule has 0 spiro atoms. The number of fused-ring (bicyclic) bond motifs is 1. The van der Waals surface area contributed by atoms with Crippen LogP contribution in [0.25, 0.3) is 10.9 Å². The summed E-state index contributed by atoms with van der Waals surface area (Å²) < 4.78 is 5.85. The number of aromatic amines is 1. The van der Waals surface area contributed by atoms with E-state index in [1.54, 1.807) is 0 Å². The third-order valence-electron chi connectivity index (χ3n) is 5.77. The Hall–Kier alpha value is -2.70. The van der Waals surface area contributed by atoms with Gasteiger partial charge in [0.15, 0.2) is 5.11 Å². The van der Waals surface area contributed by atoms with Gasteiger partial charge in [-0.05, 0) is 81.0 Å². The van der Waals surface area contributed by atoms with Crippen LogP contribution in [0.15, 0.2) is 47.3 Å². The number of hydrogen-bond donors (Lipinski definition) is 2. The van der Waals surface area contributed by atoms with E-state index >= 15 is 0 Å². The van der Waals surface area contributed by atoms with Crippen LogP contribution in [0.4, 0.5) is 5.69 Å². The zero-order valence-electron chi connectivity index (χ0n) is 18.3. The summed E-state index contributed by atoms with van der Waals surface area (Å²) in [5, 5.41) is 4.97. The lowest BCUT2D eigenvalue weighted by atomic mass is 10.1. The Kier molecular flexibility index (Phi) is 6.39. The summed E-state index contributed by atoms with van der Waals surface area (Å²) in [5.74, 6) is 0. The summed E-state index contributed by atoms with van der Waals surface area (Å²) in [6.45, 7) is 8.02. The molecule has 4 rings (SSSR count). The van der Waals surface area contributed by atoms with E-state index in [9.17, 15) is 4.79 Å². The fourth-order valence-electron chi connectivity index (χ4n) is 4.15. The summed E-state index contributed by atoms with van der Waals surface area (Å²) in [5.41, 5.74) is 5.90. The molecule has 2 heterocycles. The summed E-state index contributed by atoms with van der Waals surface area (Å²) in [7, 11) is 0. The SMILES string of the molecule is Cc1ccc(NC(=S)N(Cc2cc3cc(C)cc(C)c3[nH]c2=O)CC2CCCO2)cc1. The van der Waals surface area contributed by atoms with Crippen molar-refractivity contribution < 1.29 is 4.74 Å². The zero-order chi connectivity index (χ0) is 22.0. The predicted octanol–water partition coefficient (Wildman–Crippen LogP) is 4.83. The standard InChI is InChI=1S/C25H29N3O2S/c1-16-6-8-21(9-7-16)26-25(31)28(15-22-5-4-10-30-22)14-20-13-19-12-17(2)11-18(3)23(19)27-24(20)29/h6-9,11-13,22H,4-5,10,14-15H2,1-3H3,(H,26,31)(H,27,29). The van der Waals surface area contributed by atoms with Gasteiger partial charge < -0.3 is 19.9 Å². The first-order valence-corrected chi connectivity index (χ1v) is 11.2. The van der Waals surface area contributed by atoms with Gasteiger partial charge in [-0.3, -0.25) is 4.79 Å². The Morgan fingerprint density at radius 3 is 2.65 bits per heavy atom. The second-order valence-electron chi connectivity index (χ2n) is 8.48. The summed E-state index contributed by atoms with van der Waals surface area (Å²) in [6.07, 6.45) is 2.20. The van der Waals surface area contributed by atoms with E-state index in [0.717, 1.165) is 41.6 Å². The monoisotopic (exact) mass is 435 g/mol. The molecule has 2 N–H and O–H groups in total. The number of benzene rings is 2. The molecule has 1 saturated heterocycles. The van der Waals surface area contributed by atoms with Crippen molar-refractivity contribution in [2.24, 2.45) is 0 Å². The molecule has 1 unspecified atom stereocenters. The predicted molar refractivity (Wildman–Crippen MR) is 131 cm³/mol. The Morgan fingerprint density at radius 1 is 1.16 bits per heavy atom. The van der Waals surface area contributed by atoms with Crippen LogP contribution in [0.5, 0.6) is 0 Å². The molecule has 0 bridgehead atoms. The van der Waals surface area contributed by atoms with Gasteiger partial charge in [-0.2, -0.15) is 0 Å². The van der Waals surface area contributed by atoms with E-state index in [1.165, 1.54) is 11.1 Å². The van der Waals surface area contributed by atoms with Gasteiger partial charge in [-0.15, -0.1) is 0 Å². The summed E-state index contributed by atoms with van der Waals surface area (Å²) in [6, 6.07) is 14.3. The third-order valence-corrected chi connectivity index (χ3v) is 6.13. The molecule has 1 aromatic heterocycles. The lowest BCUT2D eigenvalue weighted by Crippen LogP contribution is -2.40. The number of H-pyrrole nitrogens is 1. The molecule has 0 aliphatic carbocycles. The topological polar surface area (TPSA) is 57.4 Å². The van der Waals surface area contributed by atoms with Crippen molar-refractivity contribution in [1.82, 2.24) is 9.88 Å². The van der Waals surface area contributed by atoms with Gasteiger partial charge in [-0.25, -0.2) is 0 Å². The minimum Gasteiger partial charge on any atom is -0.376 e. The number of pyridine rings is 1. The number of ether oxygens (including phenoxy) is 1. The number of hydrogen-bond acceptors (Lipinski definition) is 3. The maximum atomic E-state index is 12.9. The lowest BCUT2D eigenvalue weighted by Gasteiger charge is -2.28. The molecular weight excluding hydrogens is 406 g/mol. The number of thiocarbonyl (C=S) groups is 1. The van der Waals surface area contributed by atoms with Crippen molar-refractivity contribution in [3.63, 3.8) is 0 Å². The Morgan fingerprint density at radius 2 is 1.94 bits per heavy atom. The zero-order valence-corrected chi connectivity index (χ0v) is 19.1. The molecule has 1 aliphatic heterocycles. The third kappa shape index (κ3) is 5.14. The second-order valence-corrected chi connectivity index (χ2v) is 8.87. The average molecular weight is 436 g/mol. The molecule has 1 aliphatic rings. The van der Waals surface area contributed by atoms with Crippen LogP contribution in [-0.2, 0) is 11.3 Å². The Bertz CT molecular complexity index is 1150. The van der Waals surface area contributed by atoms with Crippen molar-refractivity contribution in [2.75, 3.05) is 18.5 Å². The summed E-state index contributed by atoms with van der Waals surface area (Å²) >= 11 is 5.75. The van der Waals surface area contributed by atoms with Crippen LogP contribution < -0.4 is 10.9 Å². The number of aromatic nitrogens is 1. The van der Waals surface area contributed by atoms with Gasteiger partial charge in [0.1, 0.15) is 0 Å². The van der Waals surface area contributed by atoms with Crippen LogP contribution >= 0.6 is 12.2 Å². The Balaban J connectivity index is 1.62. The van der Waals surface area contributed by atoms with Crippen LogP contribution in [0.3, 0.4) is 0 Å². The molecule has 0 saturated carbocycles. The van der Waals surface area contributed by atoms with Crippen molar-refractivity contribution in [1.29, 1.82) is 0 Å². The fourth-order valence-corrected chi connectivity index (χ4v) is 4.40. The van der Waals surface area contributed by atoms with Crippen LogP contribution in [0.2, 0.25) is 0 Å². The highest BCUT2D eigenvalue weighted by Gasteiger charge is 2.22. The number of anilines is 1. The first-order chi connectivity index (χ1) is 14.9. The maximum Gasteiger partial charge on any atom is 0.253 e. The average Bonchev–Trinajstić information content (AvgIpc) is 3.23. The van der Waals surface area contributed by atoms with Crippen molar-refractivity contribution in [2.45, 2.75) is 46.3 Å². The van der Waals surface area contributed by atoms with Crippen molar-refractivity contribution in [3.05, 3.63) is 75.1 Å². The molecule has 1 fully saturated rings. The van der Waals surface area contributed by atoms with Gasteiger partial charge in [0.2, 0.25) is 0 Å². The molecule has 0 radical (unpaired) electrons. The molecular formula is C25H29N3O2S. The number of aryl methyl sites for hydroxylation is 3. The molecule has 3 aromatic rings.